The van der Waals surface area contributed by atoms with E-state index in [0.717, 1.165) is 5.56 Å². The number of sulfone groups is 1. The second-order valence-corrected chi connectivity index (χ2v) is 8.47. The number of hydrogen-bond acceptors (Lipinski definition) is 6. The number of fused-ring (bicyclic) bond motifs is 1. The first-order chi connectivity index (χ1) is 14.7. The molecule has 0 unspecified atom stereocenters. The highest BCUT2D eigenvalue weighted by Gasteiger charge is 2.27. The first-order valence-electron chi connectivity index (χ1n) is 9.16. The maximum Gasteiger partial charge on any atom is 0.208 e. The lowest BCUT2D eigenvalue weighted by atomic mass is 10.0. The van der Waals surface area contributed by atoms with Crippen LogP contribution in [0.5, 0.6) is 0 Å². The Morgan fingerprint density at radius 1 is 0.800 bits per heavy atom. The number of aromatic nitrogens is 5. The lowest BCUT2D eigenvalue weighted by molar-refractivity contribution is 0.595. The molecule has 0 aliphatic rings. The minimum absolute atomic E-state index is 0.0691. The van der Waals surface area contributed by atoms with E-state index in [1.165, 1.54) is 12.3 Å². The summed E-state index contributed by atoms with van der Waals surface area (Å²) in [5.41, 5.74) is 2.89. The quantitative estimate of drug-likeness (QED) is 0.446. The predicted octanol–water partition coefficient (Wildman–Crippen LogP) is 3.69. The van der Waals surface area contributed by atoms with E-state index in [4.69, 9.17) is 0 Å². The number of nitrogens with zero attached hydrogens (tertiary/aromatic N) is 5. The van der Waals surface area contributed by atoms with Crippen molar-refractivity contribution in [2.75, 3.05) is 0 Å². The van der Waals surface area contributed by atoms with Crippen LogP contribution in [0.15, 0.2) is 101 Å². The van der Waals surface area contributed by atoms with Gasteiger partial charge in [-0.2, -0.15) is 10.2 Å². The maximum absolute atomic E-state index is 13.4. The van der Waals surface area contributed by atoms with Gasteiger partial charge in [0.25, 0.3) is 0 Å². The van der Waals surface area contributed by atoms with Crippen molar-refractivity contribution in [2.45, 2.75) is 9.79 Å². The molecule has 8 heteroatoms. The van der Waals surface area contributed by atoms with Gasteiger partial charge in [0.05, 0.1) is 28.4 Å². The van der Waals surface area contributed by atoms with Gasteiger partial charge in [-0.1, -0.05) is 48.5 Å². The fourth-order valence-corrected chi connectivity index (χ4v) is 4.78. The largest absolute Gasteiger partial charge is 0.261 e. The smallest absolute Gasteiger partial charge is 0.208 e. The third-order valence-corrected chi connectivity index (χ3v) is 6.55. The minimum Gasteiger partial charge on any atom is -0.261 e. The molecule has 0 fully saturated rings. The van der Waals surface area contributed by atoms with Crippen LogP contribution in [0.4, 0.5) is 0 Å². The highest BCUT2D eigenvalue weighted by atomic mass is 32.2. The molecule has 3 heterocycles. The van der Waals surface area contributed by atoms with E-state index in [9.17, 15) is 8.42 Å². The summed E-state index contributed by atoms with van der Waals surface area (Å²) in [7, 11) is -3.82. The SMILES string of the molecule is O=S(=O)(c1ccccc1)c1ccnnc1-c1c(-c2ccccc2)nn2ccncc12. The number of benzene rings is 2. The Morgan fingerprint density at radius 3 is 2.30 bits per heavy atom. The molecule has 0 N–H and O–H groups in total. The van der Waals surface area contributed by atoms with Crippen LogP contribution in [-0.2, 0) is 9.84 Å². The summed E-state index contributed by atoms with van der Waals surface area (Å²) in [5, 5.41) is 12.9. The molecule has 0 aliphatic carbocycles. The van der Waals surface area contributed by atoms with E-state index >= 15 is 0 Å². The third-order valence-electron chi connectivity index (χ3n) is 4.75. The minimum atomic E-state index is -3.82. The topological polar surface area (TPSA) is 90.1 Å². The third kappa shape index (κ3) is 2.94. The zero-order valence-electron chi connectivity index (χ0n) is 15.6. The monoisotopic (exact) mass is 413 g/mol. The molecule has 0 saturated heterocycles. The predicted molar refractivity (Wildman–Crippen MR) is 111 cm³/mol. The molecular formula is C22H15N5O2S. The maximum atomic E-state index is 13.4. The average Bonchev–Trinajstić information content (AvgIpc) is 3.20. The van der Waals surface area contributed by atoms with Crippen LogP contribution in [-0.4, -0.2) is 33.2 Å². The standard InChI is InChI=1S/C22H15N5O2S/c28-30(29,17-9-5-2-6-10-17)19-11-12-24-25-22(19)20-18-15-23-13-14-27(18)26-21(20)16-7-3-1-4-8-16/h1-15H. The van der Waals surface area contributed by atoms with E-state index < -0.39 is 9.84 Å². The van der Waals surface area contributed by atoms with E-state index in [0.29, 0.717) is 16.8 Å². The second kappa shape index (κ2) is 7.16. The van der Waals surface area contributed by atoms with Crippen molar-refractivity contribution < 1.29 is 8.42 Å². The molecule has 0 spiro atoms. The van der Waals surface area contributed by atoms with Crippen molar-refractivity contribution in [3.63, 3.8) is 0 Å². The van der Waals surface area contributed by atoms with Gasteiger partial charge in [-0.15, -0.1) is 5.10 Å². The van der Waals surface area contributed by atoms with Crippen molar-refractivity contribution in [1.82, 2.24) is 24.8 Å². The number of rotatable bonds is 4. The summed E-state index contributed by atoms with van der Waals surface area (Å²) in [6, 6.07) is 19.3. The lowest BCUT2D eigenvalue weighted by Gasteiger charge is -2.10. The lowest BCUT2D eigenvalue weighted by Crippen LogP contribution is -2.06. The zero-order chi connectivity index (χ0) is 20.6. The summed E-state index contributed by atoms with van der Waals surface area (Å²) in [5.74, 6) is 0. The van der Waals surface area contributed by atoms with Crippen LogP contribution in [0.1, 0.15) is 0 Å². The van der Waals surface area contributed by atoms with E-state index in [2.05, 4.69) is 20.3 Å². The normalized spacial score (nSPS) is 11.6. The summed E-state index contributed by atoms with van der Waals surface area (Å²) in [6.45, 7) is 0. The Balaban J connectivity index is 1.84. The van der Waals surface area contributed by atoms with Crippen molar-refractivity contribution in [2.24, 2.45) is 0 Å². The Kier molecular flexibility index (Phi) is 4.33. The van der Waals surface area contributed by atoms with Crippen LogP contribution < -0.4 is 0 Å². The van der Waals surface area contributed by atoms with Crippen LogP contribution in [0.25, 0.3) is 28.0 Å². The van der Waals surface area contributed by atoms with Gasteiger partial charge < -0.3 is 0 Å². The Hall–Kier alpha value is -3.91. The first-order valence-corrected chi connectivity index (χ1v) is 10.6. The van der Waals surface area contributed by atoms with Gasteiger partial charge in [0.2, 0.25) is 9.84 Å². The number of hydrogen-bond donors (Lipinski definition) is 0. The van der Waals surface area contributed by atoms with Gasteiger partial charge in [0.1, 0.15) is 16.3 Å². The molecule has 0 bridgehead atoms. The van der Waals surface area contributed by atoms with Crippen LogP contribution in [0.2, 0.25) is 0 Å². The highest BCUT2D eigenvalue weighted by molar-refractivity contribution is 7.91. The van der Waals surface area contributed by atoms with Gasteiger partial charge in [0, 0.05) is 18.0 Å². The van der Waals surface area contributed by atoms with Gasteiger partial charge in [0.15, 0.2) is 0 Å². The average molecular weight is 413 g/mol. The summed E-state index contributed by atoms with van der Waals surface area (Å²) < 4.78 is 28.5. The van der Waals surface area contributed by atoms with Crippen LogP contribution >= 0.6 is 0 Å². The second-order valence-electron chi connectivity index (χ2n) is 6.56. The molecule has 3 aromatic heterocycles. The molecule has 7 nitrogen and oxygen atoms in total. The molecule has 2 aromatic carbocycles. The van der Waals surface area contributed by atoms with Crippen LogP contribution in [0, 0.1) is 0 Å². The van der Waals surface area contributed by atoms with Crippen LogP contribution in [0.3, 0.4) is 0 Å². The van der Waals surface area contributed by atoms with Gasteiger partial charge >= 0.3 is 0 Å². The molecule has 0 amide bonds. The van der Waals surface area contributed by atoms with Crippen molar-refractivity contribution in [1.29, 1.82) is 0 Å². The molecule has 0 atom stereocenters. The Morgan fingerprint density at radius 2 is 1.53 bits per heavy atom. The van der Waals surface area contributed by atoms with E-state index in [1.54, 1.807) is 53.4 Å². The van der Waals surface area contributed by atoms with Gasteiger partial charge in [-0.05, 0) is 18.2 Å². The van der Waals surface area contributed by atoms with Crippen molar-refractivity contribution in [3.8, 4) is 22.5 Å². The van der Waals surface area contributed by atoms with E-state index in [-0.39, 0.29) is 15.5 Å². The highest BCUT2D eigenvalue weighted by Crippen LogP contribution is 2.37. The summed E-state index contributed by atoms with van der Waals surface area (Å²) >= 11 is 0. The van der Waals surface area contributed by atoms with Crippen molar-refractivity contribution in [3.05, 3.63) is 91.5 Å². The van der Waals surface area contributed by atoms with Gasteiger partial charge in [-0.3, -0.25) is 4.98 Å². The van der Waals surface area contributed by atoms with E-state index in [1.807, 2.05) is 30.3 Å². The van der Waals surface area contributed by atoms with Crippen molar-refractivity contribution >= 4 is 15.4 Å². The Labute approximate surface area is 172 Å². The summed E-state index contributed by atoms with van der Waals surface area (Å²) in [6.07, 6.45) is 6.36. The fraction of sp³-hybridized carbons (Fsp3) is 0. The fourth-order valence-electron chi connectivity index (χ4n) is 3.37. The molecule has 0 aliphatic heterocycles. The molecule has 146 valence electrons. The van der Waals surface area contributed by atoms with Gasteiger partial charge in [-0.25, -0.2) is 12.9 Å². The summed E-state index contributed by atoms with van der Waals surface area (Å²) in [4.78, 5) is 4.46. The molecular weight excluding hydrogens is 398 g/mol. The molecule has 30 heavy (non-hydrogen) atoms. The molecule has 5 rings (SSSR count). The molecule has 0 saturated carbocycles. The molecule has 5 aromatic rings. The first kappa shape index (κ1) is 18.1. The molecule has 0 radical (unpaired) electrons. The zero-order valence-corrected chi connectivity index (χ0v) is 16.4. The Bertz CT molecular complexity index is 1450.